The molecule has 0 nitrogen and oxygen atoms in total. The van der Waals surface area contributed by atoms with Crippen LogP contribution < -0.4 is 0 Å². The third-order valence-electron chi connectivity index (χ3n) is 1.46. The highest BCUT2D eigenvalue weighted by Crippen LogP contribution is 2.25. The minimum Gasteiger partial charge on any atom is -0.171 e. The molecule has 1 rings (SSSR count). The highest BCUT2D eigenvalue weighted by molar-refractivity contribution is 5.27. The van der Waals surface area contributed by atoms with Gasteiger partial charge in [0.2, 0.25) is 0 Å². The van der Waals surface area contributed by atoms with Crippen LogP contribution in [0.4, 0.5) is 13.2 Å². The fraction of sp³-hybridized carbons (Fsp3) is 0.333. The summed E-state index contributed by atoms with van der Waals surface area (Å²) in [5.41, 5.74) is 0.316. The molecule has 0 aliphatic heterocycles. The summed E-state index contributed by atoms with van der Waals surface area (Å²) in [7, 11) is 0. The highest BCUT2D eigenvalue weighted by atomic mass is 19.4. The molecule has 0 bridgehead atoms. The highest BCUT2D eigenvalue weighted by Gasteiger charge is 2.27. The summed E-state index contributed by atoms with van der Waals surface area (Å²) in [6.07, 6.45) is 3.98. The molecule has 0 spiro atoms. The molecule has 0 unspecified atom stereocenters. The summed E-state index contributed by atoms with van der Waals surface area (Å²) in [4.78, 5) is 0. The maximum Gasteiger partial charge on any atom is 0.393 e. The summed E-state index contributed by atoms with van der Waals surface area (Å²) in [5.74, 6) is 0. The van der Waals surface area contributed by atoms with Crippen molar-refractivity contribution in [2.75, 3.05) is 0 Å². The van der Waals surface area contributed by atoms with E-state index in [-0.39, 0.29) is 0 Å². The van der Waals surface area contributed by atoms with Gasteiger partial charge in [-0.2, -0.15) is 13.2 Å². The molecule has 0 atom stereocenters. The van der Waals surface area contributed by atoms with Crippen LogP contribution in [0.2, 0.25) is 0 Å². The summed E-state index contributed by atoms with van der Waals surface area (Å²) >= 11 is 0. The summed E-state index contributed by atoms with van der Waals surface area (Å²) in [6, 6.07) is 0. The molecule has 0 fully saturated rings. The SMILES string of the molecule is FC(F)(F)CC1=CC=CCC=C1. The van der Waals surface area contributed by atoms with Crippen molar-refractivity contribution in [1.29, 1.82) is 0 Å². The smallest absolute Gasteiger partial charge is 0.171 e. The number of allylic oxidation sites excluding steroid dienone is 6. The Hall–Kier alpha value is -0.990. The van der Waals surface area contributed by atoms with Gasteiger partial charge in [0, 0.05) is 0 Å². The predicted molar refractivity (Wildman–Crippen MR) is 41.7 cm³/mol. The normalized spacial score (nSPS) is 17.4. The molecule has 0 amide bonds. The zero-order chi connectivity index (χ0) is 9.03. The third-order valence-corrected chi connectivity index (χ3v) is 1.46. The molecule has 66 valence electrons. The summed E-state index contributed by atoms with van der Waals surface area (Å²) < 4.78 is 35.6. The van der Waals surface area contributed by atoms with Gasteiger partial charge in [0.05, 0.1) is 6.42 Å². The third kappa shape index (κ3) is 3.42. The maximum atomic E-state index is 11.9. The van der Waals surface area contributed by atoms with Crippen molar-refractivity contribution >= 4 is 0 Å². The van der Waals surface area contributed by atoms with E-state index in [0.717, 1.165) is 0 Å². The van der Waals surface area contributed by atoms with Gasteiger partial charge >= 0.3 is 6.18 Å². The zero-order valence-corrected chi connectivity index (χ0v) is 6.43. The van der Waals surface area contributed by atoms with Crippen LogP contribution in [0.1, 0.15) is 12.8 Å². The van der Waals surface area contributed by atoms with E-state index in [1.807, 2.05) is 6.08 Å². The summed E-state index contributed by atoms with van der Waals surface area (Å²) in [5, 5.41) is 0. The lowest BCUT2D eigenvalue weighted by Crippen LogP contribution is -2.07. The lowest BCUT2D eigenvalue weighted by Gasteiger charge is -2.05. The van der Waals surface area contributed by atoms with Crippen molar-refractivity contribution in [3.63, 3.8) is 0 Å². The molecule has 0 saturated carbocycles. The van der Waals surface area contributed by atoms with Crippen molar-refractivity contribution in [2.45, 2.75) is 19.0 Å². The Morgan fingerprint density at radius 3 is 2.67 bits per heavy atom. The monoisotopic (exact) mass is 174 g/mol. The number of halogens is 3. The van der Waals surface area contributed by atoms with Gasteiger partial charge in [-0.15, -0.1) is 0 Å². The molecule has 0 N–H and O–H groups in total. The van der Waals surface area contributed by atoms with E-state index < -0.39 is 12.6 Å². The Balaban J connectivity index is 2.62. The second-order valence-electron chi connectivity index (χ2n) is 2.60. The number of hydrogen-bond donors (Lipinski definition) is 0. The largest absolute Gasteiger partial charge is 0.393 e. The van der Waals surface area contributed by atoms with Gasteiger partial charge in [0.15, 0.2) is 0 Å². The second-order valence-corrected chi connectivity index (χ2v) is 2.60. The quantitative estimate of drug-likeness (QED) is 0.571. The van der Waals surface area contributed by atoms with Crippen molar-refractivity contribution in [3.05, 3.63) is 36.0 Å². The van der Waals surface area contributed by atoms with E-state index in [2.05, 4.69) is 0 Å². The molecular formula is C9H9F3. The number of alkyl halides is 3. The molecule has 0 aromatic carbocycles. The topological polar surface area (TPSA) is 0 Å². The molecule has 0 heterocycles. The molecule has 3 heteroatoms. The van der Waals surface area contributed by atoms with Crippen LogP contribution >= 0.6 is 0 Å². The molecule has 0 saturated heterocycles. The van der Waals surface area contributed by atoms with Crippen molar-refractivity contribution in [2.24, 2.45) is 0 Å². The van der Waals surface area contributed by atoms with Gasteiger partial charge in [-0.1, -0.05) is 30.4 Å². The first-order valence-corrected chi connectivity index (χ1v) is 3.67. The average Bonchev–Trinajstić information content (AvgIpc) is 2.12. The Kier molecular flexibility index (Phi) is 2.74. The average molecular weight is 174 g/mol. The second kappa shape index (κ2) is 3.61. The van der Waals surface area contributed by atoms with Gasteiger partial charge in [0.1, 0.15) is 0 Å². The molecule has 0 aromatic heterocycles. The molecule has 12 heavy (non-hydrogen) atoms. The minimum atomic E-state index is -4.10. The first-order valence-electron chi connectivity index (χ1n) is 3.67. The van der Waals surface area contributed by atoms with Gasteiger partial charge in [-0.05, 0) is 12.0 Å². The van der Waals surface area contributed by atoms with E-state index in [1.54, 1.807) is 12.2 Å². The lowest BCUT2D eigenvalue weighted by atomic mass is 10.1. The fourth-order valence-corrected chi connectivity index (χ4v) is 0.973. The standard InChI is InChI=1S/C9H9F3/c10-9(11,12)7-8-5-3-1-2-4-6-8/h1,3-6H,2,7H2. The van der Waals surface area contributed by atoms with Crippen LogP contribution in [0.5, 0.6) is 0 Å². The van der Waals surface area contributed by atoms with Crippen LogP contribution in [0.3, 0.4) is 0 Å². The van der Waals surface area contributed by atoms with Crippen LogP contribution in [0.25, 0.3) is 0 Å². The van der Waals surface area contributed by atoms with E-state index in [9.17, 15) is 13.2 Å². The molecule has 1 aliphatic rings. The van der Waals surface area contributed by atoms with Gasteiger partial charge in [-0.3, -0.25) is 0 Å². The van der Waals surface area contributed by atoms with Crippen LogP contribution in [0, 0.1) is 0 Å². The zero-order valence-electron chi connectivity index (χ0n) is 6.43. The van der Waals surface area contributed by atoms with Crippen LogP contribution in [-0.2, 0) is 0 Å². The van der Waals surface area contributed by atoms with E-state index >= 15 is 0 Å². The van der Waals surface area contributed by atoms with E-state index in [0.29, 0.717) is 12.0 Å². The lowest BCUT2D eigenvalue weighted by molar-refractivity contribution is -0.126. The molecule has 0 radical (unpaired) electrons. The fourth-order valence-electron chi connectivity index (χ4n) is 0.973. The van der Waals surface area contributed by atoms with Crippen molar-refractivity contribution < 1.29 is 13.2 Å². The minimum absolute atomic E-state index is 0.316. The molecule has 0 aromatic rings. The van der Waals surface area contributed by atoms with Gasteiger partial charge in [0.25, 0.3) is 0 Å². The summed E-state index contributed by atoms with van der Waals surface area (Å²) in [6.45, 7) is 0. The van der Waals surface area contributed by atoms with E-state index in [4.69, 9.17) is 0 Å². The van der Waals surface area contributed by atoms with Crippen LogP contribution in [0.15, 0.2) is 36.0 Å². The predicted octanol–water partition coefficient (Wildman–Crippen LogP) is 3.38. The molecule has 1 aliphatic carbocycles. The Morgan fingerprint density at radius 1 is 1.25 bits per heavy atom. The van der Waals surface area contributed by atoms with E-state index in [1.165, 1.54) is 12.2 Å². The maximum absolute atomic E-state index is 11.9. The Bertz CT molecular complexity index is 231. The number of hydrogen-bond acceptors (Lipinski definition) is 0. The Morgan fingerprint density at radius 2 is 2.00 bits per heavy atom. The van der Waals surface area contributed by atoms with Gasteiger partial charge in [-0.25, -0.2) is 0 Å². The van der Waals surface area contributed by atoms with Crippen molar-refractivity contribution in [3.8, 4) is 0 Å². The molecular weight excluding hydrogens is 165 g/mol. The van der Waals surface area contributed by atoms with Crippen LogP contribution in [-0.4, -0.2) is 6.18 Å². The number of rotatable bonds is 1. The van der Waals surface area contributed by atoms with Crippen molar-refractivity contribution in [1.82, 2.24) is 0 Å². The first-order chi connectivity index (χ1) is 5.58. The van der Waals surface area contributed by atoms with Gasteiger partial charge < -0.3 is 0 Å². The Labute approximate surface area is 69.1 Å². The first kappa shape index (κ1) is 9.10.